The third kappa shape index (κ3) is 3.44. The summed E-state index contributed by atoms with van der Waals surface area (Å²) in [6.07, 6.45) is 0.304. The normalized spacial score (nSPS) is 20.2. The van der Waals surface area contributed by atoms with Crippen LogP contribution in [0.5, 0.6) is 0 Å². The standard InChI is InChI=1S/C12H13ClFNOS/c13-9-5-8(1-2-10(9)14)6-12(16)11-7-17-4-3-15-11/h1-2,5,11,15H,3-4,6-7H2. The predicted molar refractivity (Wildman–Crippen MR) is 69.2 cm³/mol. The van der Waals surface area contributed by atoms with Gasteiger partial charge in [0.15, 0.2) is 5.78 Å². The van der Waals surface area contributed by atoms with Gasteiger partial charge in [0.25, 0.3) is 0 Å². The molecule has 1 heterocycles. The van der Waals surface area contributed by atoms with E-state index in [4.69, 9.17) is 11.6 Å². The molecule has 5 heteroatoms. The third-order valence-corrected chi connectivity index (χ3v) is 4.02. The predicted octanol–water partition coefficient (Wildman–Crippen LogP) is 2.30. The summed E-state index contributed by atoms with van der Waals surface area (Å²) >= 11 is 7.46. The minimum absolute atomic E-state index is 0.0706. The van der Waals surface area contributed by atoms with Crippen LogP contribution in [0.15, 0.2) is 18.2 Å². The average molecular weight is 274 g/mol. The summed E-state index contributed by atoms with van der Waals surface area (Å²) in [5.41, 5.74) is 0.763. The summed E-state index contributed by atoms with van der Waals surface area (Å²) in [6.45, 7) is 0.866. The zero-order chi connectivity index (χ0) is 12.3. The van der Waals surface area contributed by atoms with Gasteiger partial charge >= 0.3 is 0 Å². The summed E-state index contributed by atoms with van der Waals surface area (Å²) in [7, 11) is 0. The molecule has 0 bridgehead atoms. The van der Waals surface area contributed by atoms with Crippen LogP contribution in [0.4, 0.5) is 4.39 Å². The highest BCUT2D eigenvalue weighted by Gasteiger charge is 2.20. The monoisotopic (exact) mass is 273 g/mol. The number of Topliss-reactive ketones (excluding diaryl/α,β-unsaturated/α-hetero) is 1. The molecule has 0 radical (unpaired) electrons. The maximum absolute atomic E-state index is 13.0. The molecular formula is C12H13ClFNOS. The number of carbonyl (C=O) groups is 1. The van der Waals surface area contributed by atoms with Gasteiger partial charge in [0.1, 0.15) is 5.82 Å². The Hall–Kier alpha value is -0.580. The number of hydrogen-bond donors (Lipinski definition) is 1. The molecule has 1 saturated heterocycles. The Morgan fingerprint density at radius 2 is 2.41 bits per heavy atom. The van der Waals surface area contributed by atoms with Gasteiger partial charge in [0, 0.05) is 24.5 Å². The lowest BCUT2D eigenvalue weighted by Crippen LogP contribution is -2.44. The smallest absolute Gasteiger partial charge is 0.154 e. The molecule has 1 aliphatic rings. The van der Waals surface area contributed by atoms with E-state index >= 15 is 0 Å². The van der Waals surface area contributed by atoms with E-state index in [0.717, 1.165) is 23.6 Å². The Morgan fingerprint density at radius 3 is 3.06 bits per heavy atom. The van der Waals surface area contributed by atoms with Crippen LogP contribution in [0, 0.1) is 5.82 Å². The first-order valence-electron chi connectivity index (χ1n) is 5.44. The van der Waals surface area contributed by atoms with Crippen LogP contribution in [0.1, 0.15) is 5.56 Å². The highest BCUT2D eigenvalue weighted by molar-refractivity contribution is 7.99. The van der Waals surface area contributed by atoms with Gasteiger partial charge in [-0.2, -0.15) is 11.8 Å². The van der Waals surface area contributed by atoms with Crippen LogP contribution in [-0.4, -0.2) is 29.9 Å². The summed E-state index contributed by atoms with van der Waals surface area (Å²) < 4.78 is 13.0. The minimum Gasteiger partial charge on any atom is -0.306 e. The zero-order valence-electron chi connectivity index (χ0n) is 9.21. The van der Waals surface area contributed by atoms with Crippen molar-refractivity contribution in [3.8, 4) is 0 Å². The third-order valence-electron chi connectivity index (χ3n) is 2.67. The maximum Gasteiger partial charge on any atom is 0.154 e. The van der Waals surface area contributed by atoms with Crippen molar-refractivity contribution in [3.63, 3.8) is 0 Å². The molecule has 2 nitrogen and oxygen atoms in total. The fourth-order valence-corrected chi connectivity index (χ4v) is 2.92. The first-order valence-corrected chi connectivity index (χ1v) is 6.98. The molecule has 1 N–H and O–H groups in total. The molecule has 1 fully saturated rings. The lowest BCUT2D eigenvalue weighted by molar-refractivity contribution is -0.119. The largest absolute Gasteiger partial charge is 0.306 e. The number of halogens is 2. The van der Waals surface area contributed by atoms with Crippen molar-refractivity contribution in [1.82, 2.24) is 5.32 Å². The summed E-state index contributed by atoms with van der Waals surface area (Å²) in [6, 6.07) is 4.34. The van der Waals surface area contributed by atoms with E-state index in [1.54, 1.807) is 17.8 Å². The number of thioether (sulfide) groups is 1. The summed E-state index contributed by atoms with van der Waals surface area (Å²) in [5, 5.41) is 3.26. The number of hydrogen-bond acceptors (Lipinski definition) is 3. The SMILES string of the molecule is O=C(Cc1ccc(F)c(Cl)c1)C1CSCCN1. The van der Waals surface area contributed by atoms with E-state index in [1.807, 2.05) is 0 Å². The second kappa shape index (κ2) is 5.85. The molecule has 1 aromatic rings. The van der Waals surface area contributed by atoms with Crippen molar-refractivity contribution < 1.29 is 9.18 Å². The van der Waals surface area contributed by atoms with Crippen molar-refractivity contribution in [2.45, 2.75) is 12.5 Å². The number of carbonyl (C=O) groups excluding carboxylic acids is 1. The average Bonchev–Trinajstić information content (AvgIpc) is 2.35. The van der Waals surface area contributed by atoms with Crippen LogP contribution in [0.25, 0.3) is 0 Å². The molecule has 0 aromatic heterocycles. The molecule has 1 aliphatic heterocycles. The van der Waals surface area contributed by atoms with Gasteiger partial charge < -0.3 is 5.32 Å². The second-order valence-electron chi connectivity index (χ2n) is 3.97. The zero-order valence-corrected chi connectivity index (χ0v) is 10.8. The molecule has 0 spiro atoms. The minimum atomic E-state index is -0.450. The lowest BCUT2D eigenvalue weighted by Gasteiger charge is -2.21. The molecule has 0 aliphatic carbocycles. The van der Waals surface area contributed by atoms with Gasteiger partial charge in [0.05, 0.1) is 11.1 Å². The molecular weight excluding hydrogens is 261 g/mol. The van der Waals surface area contributed by atoms with Crippen LogP contribution < -0.4 is 5.32 Å². The lowest BCUT2D eigenvalue weighted by atomic mass is 10.0. The molecule has 0 amide bonds. The van der Waals surface area contributed by atoms with Crippen molar-refractivity contribution in [1.29, 1.82) is 0 Å². The number of benzene rings is 1. The molecule has 0 saturated carbocycles. The van der Waals surface area contributed by atoms with Crippen molar-refractivity contribution in [2.75, 3.05) is 18.1 Å². The fourth-order valence-electron chi connectivity index (χ4n) is 1.75. The number of ketones is 1. The van der Waals surface area contributed by atoms with Crippen molar-refractivity contribution >= 4 is 29.1 Å². The fraction of sp³-hybridized carbons (Fsp3) is 0.417. The Labute approximate surface area is 109 Å². The maximum atomic E-state index is 13.0. The molecule has 1 unspecified atom stereocenters. The van der Waals surface area contributed by atoms with Crippen LogP contribution in [-0.2, 0) is 11.2 Å². The highest BCUT2D eigenvalue weighted by atomic mass is 35.5. The first kappa shape index (κ1) is 12.9. The Morgan fingerprint density at radius 1 is 1.59 bits per heavy atom. The van der Waals surface area contributed by atoms with E-state index < -0.39 is 5.82 Å². The topological polar surface area (TPSA) is 29.1 Å². The Balaban J connectivity index is 1.99. The van der Waals surface area contributed by atoms with E-state index in [1.165, 1.54) is 12.1 Å². The molecule has 17 heavy (non-hydrogen) atoms. The molecule has 2 rings (SSSR count). The molecule has 92 valence electrons. The van der Waals surface area contributed by atoms with Gasteiger partial charge in [-0.1, -0.05) is 17.7 Å². The van der Waals surface area contributed by atoms with E-state index in [2.05, 4.69) is 5.32 Å². The Bertz CT molecular complexity index is 421. The van der Waals surface area contributed by atoms with E-state index in [-0.39, 0.29) is 16.8 Å². The van der Waals surface area contributed by atoms with Crippen LogP contribution in [0.2, 0.25) is 5.02 Å². The van der Waals surface area contributed by atoms with E-state index in [9.17, 15) is 9.18 Å². The van der Waals surface area contributed by atoms with Gasteiger partial charge in [0.2, 0.25) is 0 Å². The quantitative estimate of drug-likeness (QED) is 0.916. The van der Waals surface area contributed by atoms with Gasteiger partial charge in [-0.3, -0.25) is 4.79 Å². The summed E-state index contributed by atoms with van der Waals surface area (Å²) in [5.74, 6) is 1.55. The molecule has 1 aromatic carbocycles. The van der Waals surface area contributed by atoms with Crippen molar-refractivity contribution in [3.05, 3.63) is 34.6 Å². The second-order valence-corrected chi connectivity index (χ2v) is 5.53. The highest BCUT2D eigenvalue weighted by Crippen LogP contribution is 2.17. The number of nitrogens with one attached hydrogen (secondary N) is 1. The molecule has 1 atom stereocenters. The van der Waals surface area contributed by atoms with Gasteiger partial charge in [-0.15, -0.1) is 0 Å². The van der Waals surface area contributed by atoms with Crippen molar-refractivity contribution in [2.24, 2.45) is 0 Å². The van der Waals surface area contributed by atoms with Gasteiger partial charge in [-0.05, 0) is 17.7 Å². The van der Waals surface area contributed by atoms with Gasteiger partial charge in [-0.25, -0.2) is 4.39 Å². The number of rotatable bonds is 3. The summed E-state index contributed by atoms with van der Waals surface area (Å²) in [4.78, 5) is 12.0. The van der Waals surface area contributed by atoms with Crippen LogP contribution >= 0.6 is 23.4 Å². The van der Waals surface area contributed by atoms with E-state index in [0.29, 0.717) is 6.42 Å². The van der Waals surface area contributed by atoms with Crippen LogP contribution in [0.3, 0.4) is 0 Å². The first-order chi connectivity index (χ1) is 8.16. The Kier molecular flexibility index (Phi) is 4.42.